The zero-order chi connectivity index (χ0) is 15.5. The Morgan fingerprint density at radius 3 is 1.86 bits per heavy atom. The minimum absolute atomic E-state index is 0.0416. The van der Waals surface area contributed by atoms with Crippen molar-refractivity contribution in [1.29, 1.82) is 0 Å². The van der Waals surface area contributed by atoms with Gasteiger partial charge in [0.1, 0.15) is 0 Å². The van der Waals surface area contributed by atoms with E-state index in [9.17, 15) is 9.59 Å². The molecule has 0 saturated carbocycles. The molecule has 2 fully saturated rings. The first kappa shape index (κ1) is 16.3. The molecule has 0 aromatic carbocycles. The third kappa shape index (κ3) is 4.99. The van der Waals surface area contributed by atoms with Crippen molar-refractivity contribution in [2.24, 2.45) is 5.41 Å². The molecule has 21 heavy (non-hydrogen) atoms. The van der Waals surface area contributed by atoms with Crippen molar-refractivity contribution >= 4 is 11.8 Å². The molecule has 2 heterocycles. The van der Waals surface area contributed by atoms with Gasteiger partial charge in [0, 0.05) is 45.7 Å². The van der Waals surface area contributed by atoms with Crippen molar-refractivity contribution in [3.8, 4) is 0 Å². The standard InChI is InChI=1S/C16H29N3O2/c1-16(2,3)12-14(20)19-10-8-17(9-11-19)13-15(21)18-6-4-5-7-18/h4-13H2,1-3H3. The van der Waals surface area contributed by atoms with Crippen LogP contribution in [0.4, 0.5) is 0 Å². The van der Waals surface area contributed by atoms with Gasteiger partial charge >= 0.3 is 0 Å². The van der Waals surface area contributed by atoms with E-state index in [0.717, 1.165) is 52.1 Å². The molecule has 0 bridgehead atoms. The summed E-state index contributed by atoms with van der Waals surface area (Å²) < 4.78 is 0. The number of hydrogen-bond donors (Lipinski definition) is 0. The predicted octanol–water partition coefficient (Wildman–Crippen LogP) is 1.19. The summed E-state index contributed by atoms with van der Waals surface area (Å²) in [5, 5.41) is 0. The average Bonchev–Trinajstić information content (AvgIpc) is 2.91. The van der Waals surface area contributed by atoms with E-state index >= 15 is 0 Å². The lowest BCUT2D eigenvalue weighted by Gasteiger charge is -2.36. The Morgan fingerprint density at radius 1 is 0.810 bits per heavy atom. The van der Waals surface area contributed by atoms with Crippen LogP contribution in [0.15, 0.2) is 0 Å². The molecular formula is C16H29N3O2. The highest BCUT2D eigenvalue weighted by molar-refractivity contribution is 5.79. The Morgan fingerprint density at radius 2 is 1.33 bits per heavy atom. The second-order valence-electron chi connectivity index (χ2n) is 7.48. The van der Waals surface area contributed by atoms with Crippen LogP contribution in [-0.4, -0.2) is 72.3 Å². The summed E-state index contributed by atoms with van der Waals surface area (Å²) >= 11 is 0. The molecule has 2 rings (SSSR count). The topological polar surface area (TPSA) is 43.9 Å². The maximum Gasteiger partial charge on any atom is 0.236 e. The summed E-state index contributed by atoms with van der Waals surface area (Å²) in [7, 11) is 0. The lowest BCUT2D eigenvalue weighted by Crippen LogP contribution is -2.51. The fourth-order valence-electron chi connectivity index (χ4n) is 2.98. The average molecular weight is 295 g/mol. The molecule has 0 unspecified atom stereocenters. The van der Waals surface area contributed by atoms with Crippen LogP contribution in [0.25, 0.3) is 0 Å². The van der Waals surface area contributed by atoms with Gasteiger partial charge in [-0.25, -0.2) is 0 Å². The number of piperazine rings is 1. The number of rotatable bonds is 3. The van der Waals surface area contributed by atoms with Crippen LogP contribution in [0, 0.1) is 5.41 Å². The van der Waals surface area contributed by atoms with Gasteiger partial charge in [0.15, 0.2) is 0 Å². The molecule has 120 valence electrons. The zero-order valence-corrected chi connectivity index (χ0v) is 13.7. The van der Waals surface area contributed by atoms with Gasteiger partial charge in [-0.05, 0) is 18.3 Å². The first-order valence-corrected chi connectivity index (χ1v) is 8.13. The van der Waals surface area contributed by atoms with E-state index in [4.69, 9.17) is 0 Å². The number of carbonyl (C=O) groups excluding carboxylic acids is 2. The normalized spacial score (nSPS) is 20.9. The first-order chi connectivity index (χ1) is 9.85. The SMILES string of the molecule is CC(C)(C)CC(=O)N1CCN(CC(=O)N2CCCC2)CC1. The van der Waals surface area contributed by atoms with E-state index in [1.54, 1.807) is 0 Å². The molecule has 0 atom stereocenters. The molecule has 2 saturated heterocycles. The molecule has 0 radical (unpaired) electrons. The Bertz CT molecular complexity index is 375. The second-order valence-corrected chi connectivity index (χ2v) is 7.48. The number of nitrogens with zero attached hydrogens (tertiary/aromatic N) is 3. The van der Waals surface area contributed by atoms with Crippen molar-refractivity contribution in [2.75, 3.05) is 45.8 Å². The highest BCUT2D eigenvalue weighted by Gasteiger charge is 2.27. The van der Waals surface area contributed by atoms with Gasteiger partial charge in [-0.1, -0.05) is 20.8 Å². The van der Waals surface area contributed by atoms with Gasteiger partial charge in [0.25, 0.3) is 0 Å². The molecule has 5 heteroatoms. The maximum absolute atomic E-state index is 12.2. The molecule has 2 aliphatic rings. The van der Waals surface area contributed by atoms with Crippen molar-refractivity contribution in [2.45, 2.75) is 40.0 Å². The first-order valence-electron chi connectivity index (χ1n) is 8.13. The van der Waals surface area contributed by atoms with E-state index in [0.29, 0.717) is 13.0 Å². The highest BCUT2D eigenvalue weighted by Crippen LogP contribution is 2.20. The molecule has 0 aliphatic carbocycles. The largest absolute Gasteiger partial charge is 0.342 e. The summed E-state index contributed by atoms with van der Waals surface area (Å²) in [5.74, 6) is 0.495. The van der Waals surface area contributed by atoms with Crippen molar-refractivity contribution in [3.63, 3.8) is 0 Å². The van der Waals surface area contributed by atoms with Crippen LogP contribution in [0.5, 0.6) is 0 Å². The van der Waals surface area contributed by atoms with Gasteiger partial charge < -0.3 is 9.80 Å². The van der Waals surface area contributed by atoms with E-state index in [1.807, 2.05) is 9.80 Å². The van der Waals surface area contributed by atoms with Gasteiger partial charge in [0.2, 0.25) is 11.8 Å². The minimum atomic E-state index is 0.0416. The molecule has 0 N–H and O–H groups in total. The maximum atomic E-state index is 12.2. The van der Waals surface area contributed by atoms with Crippen molar-refractivity contribution in [1.82, 2.24) is 14.7 Å². The molecular weight excluding hydrogens is 266 g/mol. The Balaban J connectivity index is 1.72. The lowest BCUT2D eigenvalue weighted by atomic mass is 9.91. The van der Waals surface area contributed by atoms with E-state index in [2.05, 4.69) is 25.7 Å². The summed E-state index contributed by atoms with van der Waals surface area (Å²) in [5.41, 5.74) is 0.0416. The predicted molar refractivity (Wildman–Crippen MR) is 82.9 cm³/mol. The third-order valence-electron chi connectivity index (χ3n) is 4.22. The van der Waals surface area contributed by atoms with Crippen LogP contribution >= 0.6 is 0 Å². The van der Waals surface area contributed by atoms with Crippen LogP contribution in [0.3, 0.4) is 0 Å². The van der Waals surface area contributed by atoms with Crippen molar-refractivity contribution in [3.05, 3.63) is 0 Å². The van der Waals surface area contributed by atoms with Crippen LogP contribution in [0.2, 0.25) is 0 Å². The minimum Gasteiger partial charge on any atom is -0.342 e. The van der Waals surface area contributed by atoms with Gasteiger partial charge in [-0.2, -0.15) is 0 Å². The van der Waals surface area contributed by atoms with Gasteiger partial charge in [-0.15, -0.1) is 0 Å². The second kappa shape index (κ2) is 6.77. The molecule has 2 amide bonds. The van der Waals surface area contributed by atoms with Gasteiger partial charge in [0.05, 0.1) is 6.54 Å². The van der Waals surface area contributed by atoms with Crippen LogP contribution in [0.1, 0.15) is 40.0 Å². The number of likely N-dealkylation sites (tertiary alicyclic amines) is 1. The van der Waals surface area contributed by atoms with E-state index in [-0.39, 0.29) is 17.2 Å². The molecule has 0 spiro atoms. The molecule has 0 aromatic rings. The number of amides is 2. The van der Waals surface area contributed by atoms with E-state index in [1.165, 1.54) is 0 Å². The lowest BCUT2D eigenvalue weighted by molar-refractivity contribution is -0.136. The molecule has 5 nitrogen and oxygen atoms in total. The van der Waals surface area contributed by atoms with E-state index < -0.39 is 0 Å². The Hall–Kier alpha value is -1.10. The van der Waals surface area contributed by atoms with Crippen LogP contribution < -0.4 is 0 Å². The zero-order valence-electron chi connectivity index (χ0n) is 13.7. The molecule has 0 aromatic heterocycles. The Labute approximate surface area is 128 Å². The number of carbonyl (C=O) groups is 2. The monoisotopic (exact) mass is 295 g/mol. The van der Waals surface area contributed by atoms with Crippen LogP contribution in [-0.2, 0) is 9.59 Å². The third-order valence-corrected chi connectivity index (χ3v) is 4.22. The smallest absolute Gasteiger partial charge is 0.236 e. The summed E-state index contributed by atoms with van der Waals surface area (Å²) in [6, 6.07) is 0. The van der Waals surface area contributed by atoms with Gasteiger partial charge in [-0.3, -0.25) is 14.5 Å². The van der Waals surface area contributed by atoms with Crippen molar-refractivity contribution < 1.29 is 9.59 Å². The highest BCUT2D eigenvalue weighted by atomic mass is 16.2. The quantitative estimate of drug-likeness (QED) is 0.785. The molecule has 2 aliphatic heterocycles. The summed E-state index contributed by atoms with van der Waals surface area (Å²) in [4.78, 5) is 30.4. The fraction of sp³-hybridized carbons (Fsp3) is 0.875. The fourth-order valence-corrected chi connectivity index (χ4v) is 2.98. The summed E-state index contributed by atoms with van der Waals surface area (Å²) in [6.07, 6.45) is 2.88. The Kier molecular flexibility index (Phi) is 5.25. The number of hydrogen-bond acceptors (Lipinski definition) is 3. The summed E-state index contributed by atoms with van der Waals surface area (Å²) in [6.45, 7) is 11.8.